The molecule has 2 aromatic carbocycles. The van der Waals surface area contributed by atoms with E-state index in [-0.39, 0.29) is 5.69 Å². The molecule has 7 nitrogen and oxygen atoms in total. The predicted molar refractivity (Wildman–Crippen MR) is 155 cm³/mol. The van der Waals surface area contributed by atoms with Crippen LogP contribution in [0.3, 0.4) is 0 Å². The number of nitrogens with zero attached hydrogens (tertiary/aromatic N) is 4. The minimum Gasteiger partial charge on any atom is -0.368 e. The van der Waals surface area contributed by atoms with Gasteiger partial charge in [-0.05, 0) is 62.6 Å². The zero-order valence-corrected chi connectivity index (χ0v) is 22.7. The van der Waals surface area contributed by atoms with Crippen molar-refractivity contribution in [1.82, 2.24) is 24.2 Å². The third-order valence-corrected chi connectivity index (χ3v) is 7.11. The Labute approximate surface area is 219 Å². The smallest absolute Gasteiger partial charge is 0.329 e. The van der Waals surface area contributed by atoms with Crippen LogP contribution in [0.1, 0.15) is 39.7 Å². The predicted octanol–water partition coefficient (Wildman–Crippen LogP) is 5.77. The largest absolute Gasteiger partial charge is 0.368 e. The fourth-order valence-electron chi connectivity index (χ4n) is 5.06. The van der Waals surface area contributed by atoms with Crippen LogP contribution in [0.25, 0.3) is 33.4 Å². The second-order valence-electron chi connectivity index (χ2n) is 9.31. The Morgan fingerprint density at radius 3 is 2.51 bits per heavy atom. The van der Waals surface area contributed by atoms with E-state index in [0.717, 1.165) is 78.3 Å². The first-order valence-electron chi connectivity index (χ1n) is 13.5. The van der Waals surface area contributed by atoms with Gasteiger partial charge in [0.05, 0.1) is 22.3 Å². The van der Waals surface area contributed by atoms with Crippen molar-refractivity contribution in [1.29, 1.82) is 0 Å². The first-order chi connectivity index (χ1) is 18.1. The number of aryl methyl sites for hydroxylation is 3. The Morgan fingerprint density at radius 2 is 1.81 bits per heavy atom. The minimum absolute atomic E-state index is 0.0403. The number of benzene rings is 2. The summed E-state index contributed by atoms with van der Waals surface area (Å²) in [5, 5.41) is 11.6. The number of imidazole rings is 1. The summed E-state index contributed by atoms with van der Waals surface area (Å²) in [5.74, 6) is 0.836. The number of aromatic amines is 1. The molecule has 0 bridgehead atoms. The van der Waals surface area contributed by atoms with Gasteiger partial charge in [0.25, 0.3) is 0 Å². The van der Waals surface area contributed by atoms with E-state index in [2.05, 4.69) is 78.2 Å². The quantitative estimate of drug-likeness (QED) is 0.181. The van der Waals surface area contributed by atoms with Crippen LogP contribution in [0.2, 0.25) is 0 Å². The van der Waals surface area contributed by atoms with Crippen molar-refractivity contribution >= 4 is 16.9 Å². The normalized spacial score (nSPS) is 11.5. The lowest BCUT2D eigenvalue weighted by molar-refractivity contribution is 0.318. The molecule has 0 spiro atoms. The number of anilines is 1. The molecule has 0 saturated heterocycles. The van der Waals surface area contributed by atoms with Crippen molar-refractivity contribution in [2.45, 2.75) is 53.6 Å². The number of rotatable bonds is 13. The van der Waals surface area contributed by atoms with Crippen LogP contribution in [-0.4, -0.2) is 50.4 Å². The lowest BCUT2D eigenvalue weighted by Crippen LogP contribution is -2.26. The van der Waals surface area contributed by atoms with Crippen LogP contribution in [0.5, 0.6) is 0 Å². The molecule has 0 aliphatic carbocycles. The second-order valence-corrected chi connectivity index (χ2v) is 9.31. The van der Waals surface area contributed by atoms with Gasteiger partial charge in [-0.2, -0.15) is 5.10 Å². The first kappa shape index (κ1) is 26.5. The average molecular weight is 501 g/mol. The maximum absolute atomic E-state index is 13.0. The molecule has 7 heteroatoms. The molecule has 37 heavy (non-hydrogen) atoms. The fourth-order valence-corrected chi connectivity index (χ4v) is 5.06. The fraction of sp³-hybridized carbons (Fsp3) is 0.400. The second kappa shape index (κ2) is 12.1. The Hall–Kier alpha value is -3.58. The van der Waals surface area contributed by atoms with Crippen molar-refractivity contribution in [3.8, 4) is 22.4 Å². The van der Waals surface area contributed by atoms with Crippen molar-refractivity contribution < 1.29 is 0 Å². The molecule has 4 aromatic rings. The number of hydrogen-bond acceptors (Lipinski definition) is 4. The summed E-state index contributed by atoms with van der Waals surface area (Å²) in [6.07, 6.45) is 3.93. The van der Waals surface area contributed by atoms with Gasteiger partial charge >= 0.3 is 5.69 Å². The first-order valence-corrected chi connectivity index (χ1v) is 13.5. The number of fused-ring (bicyclic) bond motifs is 1. The van der Waals surface area contributed by atoms with Gasteiger partial charge < -0.3 is 5.32 Å². The molecule has 0 saturated carbocycles. The van der Waals surface area contributed by atoms with Crippen molar-refractivity contribution in [3.63, 3.8) is 0 Å². The number of likely N-dealkylation sites (N-methyl/N-ethyl adjacent to an activating group) is 1. The molecule has 4 rings (SSSR count). The third-order valence-electron chi connectivity index (χ3n) is 7.11. The molecule has 196 valence electrons. The molecular formula is C30H40N6O. The van der Waals surface area contributed by atoms with Crippen LogP contribution in [0.15, 0.2) is 59.9 Å². The van der Waals surface area contributed by atoms with E-state index in [1.54, 1.807) is 0 Å². The highest BCUT2D eigenvalue weighted by Gasteiger charge is 2.19. The van der Waals surface area contributed by atoms with Gasteiger partial charge in [-0.3, -0.25) is 19.1 Å². The molecule has 2 aromatic heterocycles. The zero-order valence-electron chi connectivity index (χ0n) is 22.7. The van der Waals surface area contributed by atoms with Gasteiger partial charge in [0.1, 0.15) is 0 Å². The summed E-state index contributed by atoms with van der Waals surface area (Å²) >= 11 is 0. The number of hydrogen-bond donors (Lipinski definition) is 2. The number of nitrogens with one attached hydrogen (secondary N) is 2. The molecule has 0 fully saturated rings. The van der Waals surface area contributed by atoms with Gasteiger partial charge in [0, 0.05) is 38.3 Å². The van der Waals surface area contributed by atoms with E-state index in [1.807, 2.05) is 29.1 Å². The van der Waals surface area contributed by atoms with E-state index in [9.17, 15) is 4.79 Å². The summed E-state index contributed by atoms with van der Waals surface area (Å²) in [6.45, 7) is 17.2. The van der Waals surface area contributed by atoms with Gasteiger partial charge in [0.2, 0.25) is 0 Å². The summed E-state index contributed by atoms with van der Waals surface area (Å²) in [7, 11) is 0. The molecule has 0 amide bonds. The monoisotopic (exact) mass is 500 g/mol. The highest BCUT2D eigenvalue weighted by Crippen LogP contribution is 2.37. The van der Waals surface area contributed by atoms with Crippen LogP contribution in [0, 0.1) is 0 Å². The van der Waals surface area contributed by atoms with Crippen molar-refractivity contribution in [2.24, 2.45) is 0 Å². The lowest BCUT2D eigenvalue weighted by Gasteiger charge is -2.18. The third kappa shape index (κ3) is 5.42. The van der Waals surface area contributed by atoms with Crippen LogP contribution < -0.4 is 11.0 Å². The van der Waals surface area contributed by atoms with E-state index >= 15 is 0 Å². The molecule has 0 unspecified atom stereocenters. The Balaban J connectivity index is 1.75. The lowest BCUT2D eigenvalue weighted by atomic mass is 9.98. The highest BCUT2D eigenvalue weighted by atomic mass is 16.1. The van der Waals surface area contributed by atoms with Gasteiger partial charge in [0.15, 0.2) is 5.82 Å². The van der Waals surface area contributed by atoms with E-state index < -0.39 is 0 Å². The summed E-state index contributed by atoms with van der Waals surface area (Å²) in [5.41, 5.74) is 7.41. The van der Waals surface area contributed by atoms with Crippen molar-refractivity contribution in [3.05, 3.63) is 71.2 Å². The van der Waals surface area contributed by atoms with E-state index in [0.29, 0.717) is 13.1 Å². The molecule has 0 aliphatic rings. The van der Waals surface area contributed by atoms with Crippen molar-refractivity contribution in [2.75, 3.05) is 31.5 Å². The summed E-state index contributed by atoms with van der Waals surface area (Å²) < 4.78 is 3.69. The molecule has 0 atom stereocenters. The van der Waals surface area contributed by atoms with Crippen LogP contribution >= 0.6 is 0 Å². The standard InChI is InChI=1S/C30H40N6O/c1-6-18-34(8-3)19-12-17-31-29-27(28(32-33-29)24-14-11-13-22(7-2)20-24)23-15-16-25-26(21-23)36(10-5)30(37)35(25)9-4/h6,11,13-16,20-21H,1,7-10,12,17-19H2,2-5H3,(H2,31,32,33). The molecule has 0 radical (unpaired) electrons. The zero-order chi connectivity index (χ0) is 26.4. The highest BCUT2D eigenvalue weighted by molar-refractivity contribution is 5.92. The SMILES string of the molecule is C=CCN(CC)CCCNc1n[nH]c(-c2cccc(CC)c2)c1-c1ccc2c(c1)n(CC)c(=O)n2CC. The summed E-state index contributed by atoms with van der Waals surface area (Å²) in [4.78, 5) is 15.3. The molecular weight excluding hydrogens is 460 g/mol. The maximum Gasteiger partial charge on any atom is 0.329 e. The van der Waals surface area contributed by atoms with Gasteiger partial charge in [-0.25, -0.2) is 4.79 Å². The van der Waals surface area contributed by atoms with E-state index in [4.69, 9.17) is 5.10 Å². The molecule has 0 aliphatic heterocycles. The van der Waals surface area contributed by atoms with Gasteiger partial charge in [-0.1, -0.05) is 44.2 Å². The van der Waals surface area contributed by atoms with Gasteiger partial charge in [-0.15, -0.1) is 6.58 Å². The Bertz CT molecular complexity index is 1410. The molecule has 2 N–H and O–H groups in total. The average Bonchev–Trinajstić information content (AvgIpc) is 3.47. The minimum atomic E-state index is 0.0403. The van der Waals surface area contributed by atoms with E-state index in [1.165, 1.54) is 5.56 Å². The summed E-state index contributed by atoms with van der Waals surface area (Å²) in [6, 6.07) is 14.9. The topological polar surface area (TPSA) is 70.9 Å². The number of H-pyrrole nitrogens is 1. The maximum atomic E-state index is 13.0. The Kier molecular flexibility index (Phi) is 8.66. The molecule has 2 heterocycles. The van der Waals surface area contributed by atoms with Crippen LogP contribution in [0.4, 0.5) is 5.82 Å². The Morgan fingerprint density at radius 1 is 1.03 bits per heavy atom. The van der Waals surface area contributed by atoms with Crippen LogP contribution in [-0.2, 0) is 19.5 Å². The number of aromatic nitrogens is 4.